The molecule has 174 valence electrons. The predicted molar refractivity (Wildman–Crippen MR) is 137 cm³/mol. The molecule has 0 aromatic heterocycles. The van der Waals surface area contributed by atoms with Crippen molar-refractivity contribution in [2.24, 2.45) is 0 Å². The van der Waals surface area contributed by atoms with Gasteiger partial charge in [0.1, 0.15) is 11.4 Å². The Morgan fingerprint density at radius 3 is 2.03 bits per heavy atom. The lowest BCUT2D eigenvalue weighted by Crippen LogP contribution is -2.32. The van der Waals surface area contributed by atoms with E-state index in [2.05, 4.69) is 26.1 Å². The van der Waals surface area contributed by atoms with Gasteiger partial charge in [-0.2, -0.15) is 0 Å². The smallest absolute Gasteiger partial charge is 0.282 e. The summed E-state index contributed by atoms with van der Waals surface area (Å²) < 4.78 is 5.54. The van der Waals surface area contributed by atoms with Gasteiger partial charge >= 0.3 is 0 Å². The van der Waals surface area contributed by atoms with E-state index in [0.717, 1.165) is 23.4 Å². The largest absolute Gasteiger partial charge is 0.494 e. The number of aryl methyl sites for hydroxylation is 1. The second-order valence-corrected chi connectivity index (χ2v) is 8.57. The van der Waals surface area contributed by atoms with Crippen molar-refractivity contribution in [2.45, 2.75) is 40.0 Å². The summed E-state index contributed by atoms with van der Waals surface area (Å²) in [6, 6.07) is 22.8. The number of hydrogen-bond donors (Lipinski definition) is 1. The van der Waals surface area contributed by atoms with Crippen LogP contribution in [0.4, 0.5) is 11.4 Å². The average Bonchev–Trinajstić information content (AvgIpc) is 3.09. The highest BCUT2D eigenvalue weighted by Crippen LogP contribution is 2.35. The first-order valence-corrected chi connectivity index (χ1v) is 11.7. The first-order valence-electron chi connectivity index (χ1n) is 11.7. The van der Waals surface area contributed by atoms with Gasteiger partial charge in [-0.15, -0.1) is 0 Å². The number of anilines is 2. The molecule has 1 aliphatic heterocycles. The van der Waals surface area contributed by atoms with Crippen molar-refractivity contribution >= 4 is 28.8 Å². The summed E-state index contributed by atoms with van der Waals surface area (Å²) >= 11 is 0. The van der Waals surface area contributed by atoms with Crippen LogP contribution in [-0.2, 0) is 16.0 Å². The Hall–Kier alpha value is -3.86. The Balaban J connectivity index is 1.74. The molecule has 0 saturated carbocycles. The van der Waals surface area contributed by atoms with Crippen LogP contribution in [0.25, 0.3) is 5.57 Å². The Labute approximate surface area is 201 Å². The highest BCUT2D eigenvalue weighted by Gasteiger charge is 2.40. The normalized spacial score (nSPS) is 13.7. The molecule has 0 bridgehead atoms. The predicted octanol–water partition coefficient (Wildman–Crippen LogP) is 6.17. The van der Waals surface area contributed by atoms with Gasteiger partial charge in [-0.3, -0.25) is 9.59 Å². The zero-order valence-corrected chi connectivity index (χ0v) is 20.1. The summed E-state index contributed by atoms with van der Waals surface area (Å²) in [7, 11) is 0. The first kappa shape index (κ1) is 23.3. The van der Waals surface area contributed by atoms with E-state index in [-0.39, 0.29) is 17.5 Å². The molecule has 0 saturated heterocycles. The van der Waals surface area contributed by atoms with Crippen LogP contribution in [0.15, 0.2) is 78.5 Å². The van der Waals surface area contributed by atoms with Crippen molar-refractivity contribution in [1.29, 1.82) is 0 Å². The molecule has 34 heavy (non-hydrogen) atoms. The Kier molecular flexibility index (Phi) is 6.82. The van der Waals surface area contributed by atoms with Gasteiger partial charge in [-0.25, -0.2) is 4.90 Å². The lowest BCUT2D eigenvalue weighted by atomic mass is 10.0. The van der Waals surface area contributed by atoms with Crippen LogP contribution in [0.3, 0.4) is 0 Å². The third-order valence-corrected chi connectivity index (χ3v) is 5.99. The number of rotatable bonds is 8. The van der Waals surface area contributed by atoms with E-state index in [1.807, 2.05) is 79.7 Å². The van der Waals surface area contributed by atoms with Crippen LogP contribution < -0.4 is 15.0 Å². The number of carbonyl (C=O) groups excluding carboxylic acids is 2. The minimum atomic E-state index is -0.370. The topological polar surface area (TPSA) is 58.6 Å². The van der Waals surface area contributed by atoms with Gasteiger partial charge in [-0.1, -0.05) is 57.2 Å². The second-order valence-electron chi connectivity index (χ2n) is 8.57. The number of carbonyl (C=O) groups is 2. The number of hydrogen-bond acceptors (Lipinski definition) is 4. The summed E-state index contributed by atoms with van der Waals surface area (Å²) in [5, 5.41) is 3.23. The summed E-state index contributed by atoms with van der Waals surface area (Å²) in [6.07, 6.45) is 0.929. The fourth-order valence-corrected chi connectivity index (χ4v) is 4.01. The molecular formula is C29H30N2O3. The molecule has 0 atom stereocenters. The Bertz CT molecular complexity index is 1210. The summed E-state index contributed by atoms with van der Waals surface area (Å²) in [4.78, 5) is 28.4. The van der Waals surface area contributed by atoms with E-state index in [9.17, 15) is 9.59 Å². The van der Waals surface area contributed by atoms with Crippen molar-refractivity contribution in [1.82, 2.24) is 0 Å². The van der Waals surface area contributed by atoms with Gasteiger partial charge in [-0.05, 0) is 72.4 Å². The van der Waals surface area contributed by atoms with Gasteiger partial charge in [0.25, 0.3) is 11.8 Å². The maximum absolute atomic E-state index is 13.6. The molecule has 1 N–H and O–H groups in total. The number of amides is 2. The molecule has 1 aliphatic rings. The maximum Gasteiger partial charge on any atom is 0.282 e. The summed E-state index contributed by atoms with van der Waals surface area (Å²) in [6.45, 7) is 8.79. The fraction of sp³-hybridized carbons (Fsp3) is 0.241. The Morgan fingerprint density at radius 2 is 1.47 bits per heavy atom. The average molecular weight is 455 g/mol. The molecule has 0 aliphatic carbocycles. The van der Waals surface area contributed by atoms with E-state index >= 15 is 0 Å². The van der Waals surface area contributed by atoms with Crippen molar-refractivity contribution in [3.63, 3.8) is 0 Å². The van der Waals surface area contributed by atoms with E-state index in [4.69, 9.17) is 4.74 Å². The molecule has 3 aromatic rings. The number of imide groups is 1. The van der Waals surface area contributed by atoms with Crippen LogP contribution >= 0.6 is 0 Å². The van der Waals surface area contributed by atoms with Gasteiger partial charge in [0.05, 0.1) is 17.9 Å². The van der Waals surface area contributed by atoms with Gasteiger partial charge < -0.3 is 10.1 Å². The molecule has 0 unspecified atom stereocenters. The zero-order chi connectivity index (χ0) is 24.2. The lowest BCUT2D eigenvalue weighted by molar-refractivity contribution is -0.120. The third-order valence-electron chi connectivity index (χ3n) is 5.99. The quantitative estimate of drug-likeness (QED) is 0.414. The molecule has 2 amide bonds. The number of ether oxygens (including phenoxy) is 1. The summed E-state index contributed by atoms with van der Waals surface area (Å²) in [5.74, 6) is 0.360. The van der Waals surface area contributed by atoms with Gasteiger partial charge in [0.15, 0.2) is 0 Å². The van der Waals surface area contributed by atoms with Crippen LogP contribution in [0, 0.1) is 0 Å². The van der Waals surface area contributed by atoms with Gasteiger partial charge in [0.2, 0.25) is 0 Å². The van der Waals surface area contributed by atoms with E-state index in [1.54, 1.807) is 0 Å². The Morgan fingerprint density at radius 1 is 0.824 bits per heavy atom. The number of benzene rings is 3. The van der Waals surface area contributed by atoms with E-state index in [1.165, 1.54) is 10.5 Å². The van der Waals surface area contributed by atoms with Crippen molar-refractivity contribution in [3.8, 4) is 5.75 Å². The zero-order valence-electron chi connectivity index (χ0n) is 20.1. The van der Waals surface area contributed by atoms with Crippen LogP contribution in [0.2, 0.25) is 0 Å². The molecule has 1 heterocycles. The number of nitrogens with one attached hydrogen (secondary N) is 1. The van der Waals surface area contributed by atoms with Gasteiger partial charge in [0, 0.05) is 5.69 Å². The van der Waals surface area contributed by atoms with E-state index in [0.29, 0.717) is 29.3 Å². The molecule has 0 spiro atoms. The molecular weight excluding hydrogens is 424 g/mol. The third kappa shape index (κ3) is 4.60. The standard InChI is InChI=1S/C29H30N2O3/c1-5-20-7-13-23(14-8-20)30-27-26(22-11-17-25(18-12-22)34-6-2)28(32)31(29(27)33)24-15-9-21(10-16-24)19(3)4/h7-19,30H,5-6H2,1-4H3. The van der Waals surface area contributed by atoms with Crippen LogP contribution in [-0.4, -0.2) is 18.4 Å². The van der Waals surface area contributed by atoms with Crippen LogP contribution in [0.1, 0.15) is 50.3 Å². The summed E-state index contributed by atoms with van der Waals surface area (Å²) in [5.41, 5.74) is 4.95. The fourth-order valence-electron chi connectivity index (χ4n) is 4.01. The minimum absolute atomic E-state index is 0.270. The highest BCUT2D eigenvalue weighted by atomic mass is 16.5. The molecule has 3 aromatic carbocycles. The number of nitrogens with zero attached hydrogens (tertiary/aromatic N) is 1. The molecule has 0 radical (unpaired) electrons. The first-order chi connectivity index (χ1) is 16.4. The van der Waals surface area contributed by atoms with Crippen molar-refractivity contribution < 1.29 is 14.3 Å². The lowest BCUT2D eigenvalue weighted by Gasteiger charge is -2.16. The molecule has 0 fully saturated rings. The minimum Gasteiger partial charge on any atom is -0.494 e. The monoisotopic (exact) mass is 454 g/mol. The van der Waals surface area contributed by atoms with Crippen molar-refractivity contribution in [2.75, 3.05) is 16.8 Å². The highest BCUT2D eigenvalue weighted by molar-refractivity contribution is 6.46. The van der Waals surface area contributed by atoms with Crippen LogP contribution in [0.5, 0.6) is 5.75 Å². The second kappa shape index (κ2) is 9.96. The SMILES string of the molecule is CCOc1ccc(C2=C(Nc3ccc(CC)cc3)C(=O)N(c3ccc(C(C)C)cc3)C2=O)cc1. The molecule has 5 nitrogen and oxygen atoms in total. The van der Waals surface area contributed by atoms with E-state index < -0.39 is 0 Å². The maximum atomic E-state index is 13.6. The van der Waals surface area contributed by atoms with Crippen molar-refractivity contribution in [3.05, 3.63) is 95.2 Å². The molecule has 5 heteroatoms. The molecule has 4 rings (SSSR count).